The van der Waals surface area contributed by atoms with Crippen LogP contribution in [0.15, 0.2) is 47.1 Å². The van der Waals surface area contributed by atoms with Gasteiger partial charge in [0.05, 0.1) is 17.3 Å². The van der Waals surface area contributed by atoms with Crippen molar-refractivity contribution in [3.8, 4) is 0 Å². The van der Waals surface area contributed by atoms with Gasteiger partial charge in [0.15, 0.2) is 0 Å². The standard InChI is InChI=1S/C14H12BrF3N2/c1-19-13(12-7-6-9(15)8-20-12)10-4-2-3-5-11(10)14(16,17)18/h2-8,13,19H,1H3. The van der Waals surface area contributed by atoms with Crippen LogP contribution in [0.25, 0.3) is 0 Å². The molecule has 2 rings (SSSR count). The van der Waals surface area contributed by atoms with E-state index in [-0.39, 0.29) is 5.56 Å². The highest BCUT2D eigenvalue weighted by Crippen LogP contribution is 2.36. The smallest absolute Gasteiger partial charge is 0.308 e. The average molecular weight is 345 g/mol. The number of alkyl halides is 3. The summed E-state index contributed by atoms with van der Waals surface area (Å²) in [5, 5.41) is 2.89. The average Bonchev–Trinajstić information content (AvgIpc) is 2.41. The van der Waals surface area contributed by atoms with Crippen molar-refractivity contribution in [1.29, 1.82) is 0 Å². The summed E-state index contributed by atoms with van der Waals surface area (Å²) in [6, 6.07) is 8.36. The van der Waals surface area contributed by atoms with Crippen molar-refractivity contribution < 1.29 is 13.2 Å². The van der Waals surface area contributed by atoms with Crippen LogP contribution < -0.4 is 5.32 Å². The number of hydrogen-bond acceptors (Lipinski definition) is 2. The molecule has 20 heavy (non-hydrogen) atoms. The van der Waals surface area contributed by atoms with Gasteiger partial charge in [-0.25, -0.2) is 0 Å². The molecule has 0 aliphatic rings. The lowest BCUT2D eigenvalue weighted by Gasteiger charge is -2.21. The summed E-state index contributed by atoms with van der Waals surface area (Å²) in [6.07, 6.45) is -2.82. The summed E-state index contributed by atoms with van der Waals surface area (Å²) in [5.74, 6) is 0. The molecule has 0 bridgehead atoms. The van der Waals surface area contributed by atoms with Gasteiger partial charge in [-0.1, -0.05) is 18.2 Å². The first kappa shape index (κ1) is 15.0. The monoisotopic (exact) mass is 344 g/mol. The predicted molar refractivity (Wildman–Crippen MR) is 74.3 cm³/mol. The largest absolute Gasteiger partial charge is 0.416 e. The third-order valence-electron chi connectivity index (χ3n) is 2.91. The van der Waals surface area contributed by atoms with Crippen LogP contribution >= 0.6 is 15.9 Å². The maximum Gasteiger partial charge on any atom is 0.416 e. The maximum absolute atomic E-state index is 13.1. The molecule has 0 fully saturated rings. The van der Waals surface area contributed by atoms with Crippen molar-refractivity contribution in [3.05, 3.63) is 63.9 Å². The van der Waals surface area contributed by atoms with E-state index in [1.807, 2.05) is 0 Å². The normalized spacial score (nSPS) is 13.2. The Morgan fingerprint density at radius 3 is 2.40 bits per heavy atom. The molecule has 1 aromatic carbocycles. The topological polar surface area (TPSA) is 24.9 Å². The van der Waals surface area contributed by atoms with Gasteiger partial charge in [0.1, 0.15) is 0 Å². The minimum absolute atomic E-state index is 0.164. The number of pyridine rings is 1. The molecular formula is C14H12BrF3N2. The van der Waals surface area contributed by atoms with Gasteiger partial charge in [-0.2, -0.15) is 13.2 Å². The molecule has 2 aromatic rings. The van der Waals surface area contributed by atoms with Crippen LogP contribution in [0, 0.1) is 0 Å². The summed E-state index contributed by atoms with van der Waals surface area (Å²) in [6.45, 7) is 0. The Morgan fingerprint density at radius 2 is 1.85 bits per heavy atom. The van der Waals surface area contributed by atoms with Gasteiger partial charge in [-0.05, 0) is 46.7 Å². The molecule has 6 heteroatoms. The Hall–Kier alpha value is -1.40. The number of hydrogen-bond donors (Lipinski definition) is 1. The van der Waals surface area contributed by atoms with Crippen molar-refractivity contribution >= 4 is 15.9 Å². The van der Waals surface area contributed by atoms with Gasteiger partial charge >= 0.3 is 6.18 Å². The van der Waals surface area contributed by atoms with E-state index in [1.165, 1.54) is 12.1 Å². The highest BCUT2D eigenvalue weighted by atomic mass is 79.9. The maximum atomic E-state index is 13.1. The van der Waals surface area contributed by atoms with E-state index in [0.29, 0.717) is 5.69 Å². The molecule has 2 nitrogen and oxygen atoms in total. The van der Waals surface area contributed by atoms with Crippen molar-refractivity contribution in [2.45, 2.75) is 12.2 Å². The zero-order valence-electron chi connectivity index (χ0n) is 10.6. The molecule has 0 aliphatic heterocycles. The van der Waals surface area contributed by atoms with E-state index >= 15 is 0 Å². The molecule has 0 aliphatic carbocycles. The number of nitrogens with zero attached hydrogens (tertiary/aromatic N) is 1. The molecule has 1 unspecified atom stereocenters. The van der Waals surface area contributed by atoms with E-state index in [9.17, 15) is 13.2 Å². The van der Waals surface area contributed by atoms with E-state index in [4.69, 9.17) is 0 Å². The minimum atomic E-state index is -4.39. The lowest BCUT2D eigenvalue weighted by atomic mass is 9.97. The van der Waals surface area contributed by atoms with Gasteiger partial charge in [-0.15, -0.1) is 0 Å². The fourth-order valence-electron chi connectivity index (χ4n) is 2.03. The number of halogens is 4. The van der Waals surface area contributed by atoms with E-state index < -0.39 is 17.8 Å². The number of nitrogens with one attached hydrogen (secondary N) is 1. The molecule has 0 radical (unpaired) electrons. The van der Waals surface area contributed by atoms with Crippen LogP contribution in [-0.2, 0) is 6.18 Å². The highest BCUT2D eigenvalue weighted by molar-refractivity contribution is 9.10. The van der Waals surface area contributed by atoms with E-state index in [0.717, 1.165) is 10.5 Å². The van der Waals surface area contributed by atoms with E-state index in [1.54, 1.807) is 31.4 Å². The molecular weight excluding hydrogens is 333 g/mol. The molecule has 0 saturated heterocycles. The van der Waals surface area contributed by atoms with Gasteiger partial charge in [0.25, 0.3) is 0 Å². The van der Waals surface area contributed by atoms with Crippen LogP contribution in [0.1, 0.15) is 22.9 Å². The lowest BCUT2D eigenvalue weighted by molar-refractivity contribution is -0.138. The second-order valence-corrected chi connectivity index (χ2v) is 5.12. The first-order valence-electron chi connectivity index (χ1n) is 5.88. The third-order valence-corrected chi connectivity index (χ3v) is 3.38. The fourth-order valence-corrected chi connectivity index (χ4v) is 2.26. The van der Waals surface area contributed by atoms with Crippen LogP contribution in [0.4, 0.5) is 13.2 Å². The first-order valence-corrected chi connectivity index (χ1v) is 6.67. The predicted octanol–water partition coefficient (Wildman–Crippen LogP) is 4.17. The van der Waals surface area contributed by atoms with Crippen LogP contribution in [-0.4, -0.2) is 12.0 Å². The highest BCUT2D eigenvalue weighted by Gasteiger charge is 2.35. The molecule has 1 heterocycles. The number of aromatic nitrogens is 1. The van der Waals surface area contributed by atoms with Crippen molar-refractivity contribution in [3.63, 3.8) is 0 Å². The Balaban J connectivity index is 2.50. The van der Waals surface area contributed by atoms with Gasteiger partial charge in [0, 0.05) is 10.7 Å². The van der Waals surface area contributed by atoms with Crippen LogP contribution in [0.3, 0.4) is 0 Å². The van der Waals surface area contributed by atoms with Crippen LogP contribution in [0.5, 0.6) is 0 Å². The van der Waals surface area contributed by atoms with Crippen molar-refractivity contribution in [2.75, 3.05) is 7.05 Å². The number of benzene rings is 1. The summed E-state index contributed by atoms with van der Waals surface area (Å²) >= 11 is 3.26. The molecule has 0 amide bonds. The molecule has 0 spiro atoms. The Kier molecular flexibility index (Phi) is 4.45. The van der Waals surface area contributed by atoms with E-state index in [2.05, 4.69) is 26.2 Å². The summed E-state index contributed by atoms with van der Waals surface area (Å²) < 4.78 is 40.0. The molecule has 1 aromatic heterocycles. The van der Waals surface area contributed by atoms with Crippen molar-refractivity contribution in [2.24, 2.45) is 0 Å². The Bertz CT molecular complexity index is 582. The van der Waals surface area contributed by atoms with Crippen LogP contribution in [0.2, 0.25) is 0 Å². The quantitative estimate of drug-likeness (QED) is 0.903. The zero-order valence-corrected chi connectivity index (χ0v) is 12.2. The summed E-state index contributed by atoms with van der Waals surface area (Å²) in [5.41, 5.74) is 0.0498. The first-order chi connectivity index (χ1) is 9.43. The summed E-state index contributed by atoms with van der Waals surface area (Å²) in [7, 11) is 1.61. The molecule has 0 saturated carbocycles. The summed E-state index contributed by atoms with van der Waals surface area (Å²) in [4.78, 5) is 4.17. The van der Waals surface area contributed by atoms with Crippen molar-refractivity contribution in [1.82, 2.24) is 10.3 Å². The van der Waals surface area contributed by atoms with Gasteiger partial charge < -0.3 is 5.32 Å². The van der Waals surface area contributed by atoms with Gasteiger partial charge in [-0.3, -0.25) is 4.98 Å². The molecule has 1 N–H and O–H groups in total. The second kappa shape index (κ2) is 5.93. The fraction of sp³-hybridized carbons (Fsp3) is 0.214. The second-order valence-electron chi connectivity index (χ2n) is 4.21. The molecule has 1 atom stereocenters. The van der Waals surface area contributed by atoms with Gasteiger partial charge in [0.2, 0.25) is 0 Å². The Morgan fingerprint density at radius 1 is 1.15 bits per heavy atom. The Labute approximate surface area is 123 Å². The lowest BCUT2D eigenvalue weighted by Crippen LogP contribution is -2.22. The third kappa shape index (κ3) is 3.19. The minimum Gasteiger partial charge on any atom is -0.308 e. The molecule has 106 valence electrons. The SMILES string of the molecule is CNC(c1ccc(Br)cn1)c1ccccc1C(F)(F)F. The number of rotatable bonds is 3. The zero-order chi connectivity index (χ0) is 14.8.